The number of benzene rings is 2. The fourth-order valence-corrected chi connectivity index (χ4v) is 4.48. The largest absolute Gasteiger partial charge is 0.497 e. The molecule has 1 spiro atoms. The van der Waals surface area contributed by atoms with Crippen LogP contribution in [0.1, 0.15) is 11.1 Å². The molecule has 5 rings (SSSR count). The second-order valence-electron chi connectivity index (χ2n) is 6.06. The Morgan fingerprint density at radius 1 is 1.15 bits per heavy atom. The molecular weight excluding hydrogens is 348 g/mol. The van der Waals surface area contributed by atoms with Gasteiger partial charge in [-0.1, -0.05) is 30.0 Å². The minimum atomic E-state index is -0.990. The Balaban J connectivity index is 1.59. The number of aromatic nitrogens is 1. The summed E-state index contributed by atoms with van der Waals surface area (Å²) in [5.41, 5.74) is 6.41. The Hall–Kier alpha value is -3.06. The van der Waals surface area contributed by atoms with Crippen LogP contribution in [0.25, 0.3) is 10.9 Å². The third kappa shape index (κ3) is 2.04. The number of nitrogens with one attached hydrogen (secondary N) is 2. The minimum absolute atomic E-state index is 0.141. The second-order valence-corrected chi connectivity index (χ2v) is 7.26. The average molecular weight is 362 g/mol. The first kappa shape index (κ1) is 15.2. The van der Waals surface area contributed by atoms with E-state index in [0.717, 1.165) is 32.8 Å². The summed E-state index contributed by atoms with van der Waals surface area (Å²) >= 11 is 1.39. The molecule has 0 aliphatic carbocycles. The molecule has 1 unspecified atom stereocenters. The van der Waals surface area contributed by atoms with Gasteiger partial charge in [0.15, 0.2) is 0 Å². The van der Waals surface area contributed by atoms with Crippen LogP contribution in [-0.2, 0) is 9.67 Å². The van der Waals surface area contributed by atoms with Gasteiger partial charge in [0, 0.05) is 28.4 Å². The van der Waals surface area contributed by atoms with Crippen LogP contribution in [0.3, 0.4) is 0 Å². The molecule has 0 saturated carbocycles. The SMILES string of the molecule is COc1ccc2c(c1)C1(NN=C(c3cccc4cccnc34)S1)C(=O)N2. The van der Waals surface area contributed by atoms with Crippen LogP contribution >= 0.6 is 11.8 Å². The molecular formula is C19H14N4O2S. The molecule has 1 atom stereocenters. The highest BCUT2D eigenvalue weighted by atomic mass is 32.2. The summed E-state index contributed by atoms with van der Waals surface area (Å²) in [6, 6.07) is 15.4. The summed E-state index contributed by atoms with van der Waals surface area (Å²) in [4.78, 5) is 16.3. The van der Waals surface area contributed by atoms with Crippen molar-refractivity contribution in [1.82, 2.24) is 10.4 Å². The normalized spacial score (nSPS) is 20.7. The van der Waals surface area contributed by atoms with Gasteiger partial charge in [0.2, 0.25) is 4.87 Å². The summed E-state index contributed by atoms with van der Waals surface area (Å²) in [5, 5.41) is 9.18. The molecule has 6 nitrogen and oxygen atoms in total. The van der Waals surface area contributed by atoms with E-state index in [1.165, 1.54) is 11.8 Å². The van der Waals surface area contributed by atoms with Crippen molar-refractivity contribution in [1.29, 1.82) is 0 Å². The first-order chi connectivity index (χ1) is 12.7. The first-order valence-corrected chi connectivity index (χ1v) is 8.91. The van der Waals surface area contributed by atoms with Crippen LogP contribution in [0.4, 0.5) is 5.69 Å². The maximum absolute atomic E-state index is 12.8. The van der Waals surface area contributed by atoms with Gasteiger partial charge in [-0.25, -0.2) is 0 Å². The molecule has 0 bridgehead atoms. The zero-order chi connectivity index (χ0) is 17.7. The Morgan fingerprint density at radius 2 is 2.04 bits per heavy atom. The fraction of sp³-hybridized carbons (Fsp3) is 0.105. The van der Waals surface area contributed by atoms with Gasteiger partial charge in [-0.15, -0.1) is 0 Å². The van der Waals surface area contributed by atoms with Crippen molar-refractivity contribution in [2.24, 2.45) is 5.10 Å². The molecule has 2 N–H and O–H groups in total. The third-order valence-corrected chi connectivity index (χ3v) is 5.91. The monoisotopic (exact) mass is 362 g/mol. The number of hydrogen-bond acceptors (Lipinski definition) is 6. The fourth-order valence-electron chi connectivity index (χ4n) is 3.31. The quantitative estimate of drug-likeness (QED) is 0.733. The van der Waals surface area contributed by atoms with E-state index >= 15 is 0 Å². The van der Waals surface area contributed by atoms with Crippen LogP contribution in [0, 0.1) is 0 Å². The Morgan fingerprint density at radius 3 is 2.92 bits per heavy atom. The van der Waals surface area contributed by atoms with Crippen LogP contribution in [0.15, 0.2) is 59.8 Å². The number of rotatable bonds is 2. The second kappa shape index (κ2) is 5.47. The topological polar surface area (TPSA) is 75.6 Å². The molecule has 1 aromatic heterocycles. The van der Waals surface area contributed by atoms with Gasteiger partial charge in [-0.3, -0.25) is 15.2 Å². The average Bonchev–Trinajstić information content (AvgIpc) is 3.24. The highest BCUT2D eigenvalue weighted by Crippen LogP contribution is 2.49. The highest BCUT2D eigenvalue weighted by Gasteiger charge is 2.52. The zero-order valence-corrected chi connectivity index (χ0v) is 14.6. The molecule has 0 fully saturated rings. The van der Waals surface area contributed by atoms with E-state index < -0.39 is 4.87 Å². The van der Waals surface area contributed by atoms with Gasteiger partial charge < -0.3 is 10.1 Å². The number of hydrogen-bond donors (Lipinski definition) is 2. The number of pyridine rings is 1. The van der Waals surface area contributed by atoms with Crippen molar-refractivity contribution in [3.63, 3.8) is 0 Å². The lowest BCUT2D eigenvalue weighted by molar-refractivity contribution is -0.118. The smallest absolute Gasteiger partial charge is 0.267 e. The van der Waals surface area contributed by atoms with Crippen LogP contribution in [-0.4, -0.2) is 23.0 Å². The molecule has 2 aromatic carbocycles. The zero-order valence-electron chi connectivity index (χ0n) is 13.8. The van der Waals surface area contributed by atoms with E-state index in [1.807, 2.05) is 48.5 Å². The molecule has 26 heavy (non-hydrogen) atoms. The number of amides is 1. The van der Waals surface area contributed by atoms with E-state index in [4.69, 9.17) is 4.74 Å². The predicted octanol–water partition coefficient (Wildman–Crippen LogP) is 3.05. The van der Waals surface area contributed by atoms with Gasteiger partial charge in [0.1, 0.15) is 10.8 Å². The maximum Gasteiger partial charge on any atom is 0.267 e. The Bertz CT molecular complexity index is 1090. The number of ether oxygens (including phenoxy) is 1. The number of nitrogens with zero attached hydrogens (tertiary/aromatic N) is 2. The molecule has 2 aliphatic rings. The molecule has 1 amide bonds. The minimum Gasteiger partial charge on any atom is -0.497 e. The number of carbonyl (C=O) groups excluding carboxylic acids is 1. The first-order valence-electron chi connectivity index (χ1n) is 8.09. The van der Waals surface area contributed by atoms with Crippen molar-refractivity contribution in [2.45, 2.75) is 4.87 Å². The van der Waals surface area contributed by atoms with Gasteiger partial charge in [-0.2, -0.15) is 5.10 Å². The van der Waals surface area contributed by atoms with Crippen LogP contribution in [0.5, 0.6) is 5.75 Å². The number of hydrazone groups is 1. The van der Waals surface area contributed by atoms with Gasteiger partial charge >= 0.3 is 0 Å². The molecule has 0 saturated heterocycles. The molecule has 7 heteroatoms. The lowest BCUT2D eigenvalue weighted by Gasteiger charge is -2.20. The summed E-state index contributed by atoms with van der Waals surface area (Å²) in [7, 11) is 1.61. The number of para-hydroxylation sites is 1. The number of methoxy groups -OCH3 is 1. The maximum atomic E-state index is 12.8. The molecule has 2 aliphatic heterocycles. The lowest BCUT2D eigenvalue weighted by Crippen LogP contribution is -2.39. The van der Waals surface area contributed by atoms with Crippen molar-refractivity contribution in [3.8, 4) is 5.75 Å². The van der Waals surface area contributed by atoms with E-state index in [2.05, 4.69) is 20.8 Å². The summed E-state index contributed by atoms with van der Waals surface area (Å²) in [5.74, 6) is 0.556. The number of anilines is 1. The Kier molecular flexibility index (Phi) is 3.20. The molecule has 0 radical (unpaired) electrons. The van der Waals surface area contributed by atoms with E-state index in [0.29, 0.717) is 5.75 Å². The summed E-state index contributed by atoms with van der Waals surface area (Å²) in [6.45, 7) is 0. The van der Waals surface area contributed by atoms with Gasteiger partial charge in [0.25, 0.3) is 5.91 Å². The number of fused-ring (bicyclic) bond motifs is 3. The number of carbonyl (C=O) groups is 1. The van der Waals surface area contributed by atoms with Crippen LogP contribution in [0.2, 0.25) is 0 Å². The molecule has 128 valence electrons. The van der Waals surface area contributed by atoms with E-state index in [-0.39, 0.29) is 5.91 Å². The summed E-state index contributed by atoms with van der Waals surface area (Å²) < 4.78 is 5.32. The van der Waals surface area contributed by atoms with Crippen molar-refractivity contribution in [3.05, 3.63) is 65.9 Å². The Labute approximate surface area is 153 Å². The van der Waals surface area contributed by atoms with E-state index in [1.54, 1.807) is 13.3 Å². The van der Waals surface area contributed by atoms with E-state index in [9.17, 15) is 4.79 Å². The van der Waals surface area contributed by atoms with Crippen LogP contribution < -0.4 is 15.5 Å². The van der Waals surface area contributed by atoms with Crippen molar-refractivity contribution < 1.29 is 9.53 Å². The van der Waals surface area contributed by atoms with Gasteiger partial charge in [-0.05, 0) is 30.3 Å². The summed E-state index contributed by atoms with van der Waals surface area (Å²) in [6.07, 6.45) is 1.76. The predicted molar refractivity (Wildman–Crippen MR) is 102 cm³/mol. The van der Waals surface area contributed by atoms with Gasteiger partial charge in [0.05, 0.1) is 12.6 Å². The lowest BCUT2D eigenvalue weighted by atomic mass is 10.1. The highest BCUT2D eigenvalue weighted by molar-refractivity contribution is 8.16. The van der Waals surface area contributed by atoms with Crippen molar-refractivity contribution >= 4 is 39.3 Å². The standard InChI is InChI=1S/C19H14N4O2S/c1-25-12-7-8-15-14(10-12)19(18(24)21-15)23-22-17(26-19)13-6-2-4-11-5-3-9-20-16(11)13/h2-10,23H,1H3,(H,21,24). The number of thioether (sulfide) groups is 1. The molecule has 3 aromatic rings. The molecule has 3 heterocycles. The third-order valence-electron chi connectivity index (χ3n) is 4.60. The van der Waals surface area contributed by atoms with Crippen molar-refractivity contribution in [2.75, 3.05) is 12.4 Å².